The van der Waals surface area contributed by atoms with Crippen LogP contribution in [0.1, 0.15) is 26.3 Å². The highest BCUT2D eigenvalue weighted by molar-refractivity contribution is 9.10. The molecule has 20 heavy (non-hydrogen) atoms. The zero-order valence-corrected chi connectivity index (χ0v) is 13.9. The first kappa shape index (κ1) is 16.9. The zero-order chi connectivity index (χ0) is 15.3. The Morgan fingerprint density at radius 1 is 1.45 bits per heavy atom. The van der Waals surface area contributed by atoms with Gasteiger partial charge in [-0.15, -0.1) is 0 Å². The maximum atomic E-state index is 10.9. The Morgan fingerprint density at radius 2 is 2.10 bits per heavy atom. The summed E-state index contributed by atoms with van der Waals surface area (Å²) in [4.78, 5) is 10.5. The standard InChI is InChI=1S/C14H21BrN2O3/c1-5-20-8-13(9(2)3)16-12-6-10(4)14(17(18)19)7-11(12)15/h6-7,9,13,16H,5,8H2,1-4H3. The van der Waals surface area contributed by atoms with Gasteiger partial charge in [-0.3, -0.25) is 10.1 Å². The molecule has 0 radical (unpaired) electrons. The maximum absolute atomic E-state index is 10.9. The summed E-state index contributed by atoms with van der Waals surface area (Å²) in [7, 11) is 0. The summed E-state index contributed by atoms with van der Waals surface area (Å²) in [5, 5.41) is 14.3. The van der Waals surface area contributed by atoms with Crippen molar-refractivity contribution < 1.29 is 9.66 Å². The molecular weight excluding hydrogens is 324 g/mol. The van der Waals surface area contributed by atoms with Crippen molar-refractivity contribution >= 4 is 27.3 Å². The van der Waals surface area contributed by atoms with Gasteiger partial charge in [0.1, 0.15) is 0 Å². The third kappa shape index (κ3) is 4.45. The molecule has 0 aliphatic carbocycles. The number of aryl methyl sites for hydroxylation is 1. The molecule has 1 aromatic carbocycles. The second-order valence-corrected chi connectivity index (χ2v) is 5.88. The molecule has 0 saturated carbocycles. The van der Waals surface area contributed by atoms with E-state index in [1.54, 1.807) is 13.0 Å². The minimum Gasteiger partial charge on any atom is -0.380 e. The molecule has 0 spiro atoms. The van der Waals surface area contributed by atoms with Crippen LogP contribution in [0, 0.1) is 23.0 Å². The molecule has 0 saturated heterocycles. The second-order valence-electron chi connectivity index (χ2n) is 5.03. The predicted octanol–water partition coefficient (Wildman–Crippen LogP) is 4.14. The summed E-state index contributed by atoms with van der Waals surface area (Å²) in [5.74, 6) is 0.393. The van der Waals surface area contributed by atoms with Crippen molar-refractivity contribution in [1.82, 2.24) is 0 Å². The van der Waals surface area contributed by atoms with Crippen molar-refractivity contribution in [3.05, 3.63) is 32.3 Å². The van der Waals surface area contributed by atoms with Crippen molar-refractivity contribution in [3.63, 3.8) is 0 Å². The van der Waals surface area contributed by atoms with Gasteiger partial charge in [0.2, 0.25) is 0 Å². The first-order valence-corrected chi connectivity index (χ1v) is 7.44. The number of hydrogen-bond acceptors (Lipinski definition) is 4. The molecule has 1 N–H and O–H groups in total. The van der Waals surface area contributed by atoms with Gasteiger partial charge in [0.25, 0.3) is 5.69 Å². The Balaban J connectivity index is 2.95. The molecule has 0 aliphatic heterocycles. The van der Waals surface area contributed by atoms with E-state index in [-0.39, 0.29) is 16.7 Å². The smallest absolute Gasteiger partial charge is 0.273 e. The minimum absolute atomic E-state index is 0.119. The summed E-state index contributed by atoms with van der Waals surface area (Å²) < 4.78 is 6.17. The van der Waals surface area contributed by atoms with Crippen LogP contribution in [0.2, 0.25) is 0 Å². The minimum atomic E-state index is -0.371. The highest BCUT2D eigenvalue weighted by atomic mass is 79.9. The quantitative estimate of drug-likeness (QED) is 0.596. The lowest BCUT2D eigenvalue weighted by atomic mass is 10.0. The predicted molar refractivity (Wildman–Crippen MR) is 84.3 cm³/mol. The van der Waals surface area contributed by atoms with Gasteiger partial charge < -0.3 is 10.1 Å². The molecule has 0 amide bonds. The van der Waals surface area contributed by atoms with E-state index in [2.05, 4.69) is 35.1 Å². The second kappa shape index (κ2) is 7.59. The molecule has 6 heteroatoms. The largest absolute Gasteiger partial charge is 0.380 e. The van der Waals surface area contributed by atoms with Gasteiger partial charge in [0.15, 0.2) is 0 Å². The van der Waals surface area contributed by atoms with Crippen LogP contribution in [-0.2, 0) is 4.74 Å². The number of nitrogens with zero attached hydrogens (tertiary/aromatic N) is 1. The number of benzene rings is 1. The van der Waals surface area contributed by atoms with Gasteiger partial charge in [-0.25, -0.2) is 0 Å². The zero-order valence-electron chi connectivity index (χ0n) is 12.3. The fraction of sp³-hybridized carbons (Fsp3) is 0.571. The molecule has 0 aliphatic rings. The summed E-state index contributed by atoms with van der Waals surface area (Å²) in [6.45, 7) is 9.21. The van der Waals surface area contributed by atoms with E-state index >= 15 is 0 Å². The van der Waals surface area contributed by atoms with Gasteiger partial charge in [-0.05, 0) is 41.8 Å². The summed E-state index contributed by atoms with van der Waals surface area (Å²) in [6, 6.07) is 3.49. The number of nitro benzene ring substituents is 1. The summed E-state index contributed by atoms with van der Waals surface area (Å²) in [6.07, 6.45) is 0. The molecule has 0 fully saturated rings. The van der Waals surface area contributed by atoms with E-state index in [4.69, 9.17) is 4.74 Å². The first-order chi connectivity index (χ1) is 9.36. The van der Waals surface area contributed by atoms with Crippen molar-refractivity contribution in [1.29, 1.82) is 0 Å². The lowest BCUT2D eigenvalue weighted by Crippen LogP contribution is -2.31. The third-order valence-corrected chi connectivity index (χ3v) is 3.79. The van der Waals surface area contributed by atoms with Crippen LogP contribution < -0.4 is 5.32 Å². The summed E-state index contributed by atoms with van der Waals surface area (Å²) >= 11 is 3.39. The van der Waals surface area contributed by atoms with Crippen LogP contribution >= 0.6 is 15.9 Å². The van der Waals surface area contributed by atoms with Gasteiger partial charge in [0, 0.05) is 28.4 Å². The highest BCUT2D eigenvalue weighted by Crippen LogP contribution is 2.31. The Labute approximate surface area is 128 Å². The average Bonchev–Trinajstić information content (AvgIpc) is 2.37. The van der Waals surface area contributed by atoms with E-state index in [9.17, 15) is 10.1 Å². The molecule has 0 aromatic heterocycles. The van der Waals surface area contributed by atoms with Crippen LogP contribution in [0.4, 0.5) is 11.4 Å². The van der Waals surface area contributed by atoms with E-state index in [0.717, 1.165) is 5.69 Å². The molecule has 1 rings (SSSR count). The fourth-order valence-corrected chi connectivity index (χ4v) is 2.27. The number of rotatable bonds is 7. The van der Waals surface area contributed by atoms with Crippen molar-refractivity contribution in [2.24, 2.45) is 5.92 Å². The van der Waals surface area contributed by atoms with Crippen LogP contribution in [-0.4, -0.2) is 24.2 Å². The highest BCUT2D eigenvalue weighted by Gasteiger charge is 2.18. The lowest BCUT2D eigenvalue weighted by molar-refractivity contribution is -0.385. The van der Waals surface area contributed by atoms with Crippen molar-refractivity contribution in [2.45, 2.75) is 33.7 Å². The van der Waals surface area contributed by atoms with E-state index in [1.165, 1.54) is 6.07 Å². The Morgan fingerprint density at radius 3 is 2.60 bits per heavy atom. The molecule has 1 unspecified atom stereocenters. The monoisotopic (exact) mass is 344 g/mol. The van der Waals surface area contributed by atoms with E-state index < -0.39 is 0 Å². The van der Waals surface area contributed by atoms with Crippen LogP contribution in [0.5, 0.6) is 0 Å². The molecule has 112 valence electrons. The lowest BCUT2D eigenvalue weighted by Gasteiger charge is -2.24. The first-order valence-electron chi connectivity index (χ1n) is 6.65. The third-order valence-electron chi connectivity index (χ3n) is 3.13. The Hall–Kier alpha value is -1.14. The normalized spacial score (nSPS) is 12.5. The number of anilines is 1. The van der Waals surface area contributed by atoms with Crippen LogP contribution in [0.3, 0.4) is 0 Å². The SMILES string of the molecule is CCOCC(Nc1cc(C)c([N+](=O)[O-])cc1Br)C(C)C. The molecule has 0 bridgehead atoms. The van der Waals surface area contributed by atoms with Gasteiger partial charge >= 0.3 is 0 Å². The van der Waals surface area contributed by atoms with E-state index in [0.29, 0.717) is 29.2 Å². The molecule has 5 nitrogen and oxygen atoms in total. The Bertz CT molecular complexity index is 478. The number of nitro groups is 1. The number of hydrogen-bond donors (Lipinski definition) is 1. The topological polar surface area (TPSA) is 64.4 Å². The molecule has 0 heterocycles. The molecule has 1 atom stereocenters. The molecule has 1 aromatic rings. The number of ether oxygens (including phenoxy) is 1. The fourth-order valence-electron chi connectivity index (χ4n) is 1.82. The van der Waals surface area contributed by atoms with Crippen LogP contribution in [0.15, 0.2) is 16.6 Å². The maximum Gasteiger partial charge on any atom is 0.273 e. The number of halogens is 1. The molecular formula is C14H21BrN2O3. The van der Waals surface area contributed by atoms with Crippen molar-refractivity contribution in [2.75, 3.05) is 18.5 Å². The van der Waals surface area contributed by atoms with Gasteiger partial charge in [0.05, 0.1) is 17.6 Å². The average molecular weight is 345 g/mol. The number of nitrogens with one attached hydrogen (secondary N) is 1. The van der Waals surface area contributed by atoms with Crippen molar-refractivity contribution in [3.8, 4) is 0 Å². The van der Waals surface area contributed by atoms with Crippen LogP contribution in [0.25, 0.3) is 0 Å². The van der Waals surface area contributed by atoms with Gasteiger partial charge in [-0.1, -0.05) is 13.8 Å². The Kier molecular flexibility index (Phi) is 6.42. The summed E-state index contributed by atoms with van der Waals surface area (Å²) in [5.41, 5.74) is 1.61. The van der Waals surface area contributed by atoms with Gasteiger partial charge in [-0.2, -0.15) is 0 Å². The van der Waals surface area contributed by atoms with E-state index in [1.807, 2.05) is 6.92 Å².